The van der Waals surface area contributed by atoms with Crippen LogP contribution in [0, 0.1) is 11.3 Å². The fourth-order valence-electron chi connectivity index (χ4n) is 2.65. The minimum Gasteiger partial charge on any atom is -0.508 e. The van der Waals surface area contributed by atoms with Crippen molar-refractivity contribution >= 4 is 12.0 Å². The molecular weight excluding hydrogens is 370 g/mol. The molecule has 0 spiro atoms. The number of hydrogen-bond acceptors (Lipinski definition) is 8. The van der Waals surface area contributed by atoms with E-state index in [1.165, 1.54) is 6.20 Å². The van der Waals surface area contributed by atoms with Crippen LogP contribution in [0.3, 0.4) is 0 Å². The van der Waals surface area contributed by atoms with Crippen LogP contribution in [0.4, 0.5) is 5.82 Å². The van der Waals surface area contributed by atoms with E-state index in [0.717, 1.165) is 5.56 Å². The molecule has 3 aromatic rings. The van der Waals surface area contributed by atoms with Gasteiger partial charge in [0.2, 0.25) is 0 Å². The maximum absolute atomic E-state index is 9.70. The highest BCUT2D eigenvalue weighted by Gasteiger charge is 2.18. The summed E-state index contributed by atoms with van der Waals surface area (Å²) in [5.74, 6) is 1.07. The Labute approximate surface area is 168 Å². The fourth-order valence-corrected chi connectivity index (χ4v) is 2.65. The van der Waals surface area contributed by atoms with Gasteiger partial charge in [-0.3, -0.25) is 10.4 Å². The first-order valence-corrected chi connectivity index (χ1v) is 8.66. The predicted octanol–water partition coefficient (Wildman–Crippen LogP) is 3.30. The molecular formula is C21H19N5O3. The largest absolute Gasteiger partial charge is 0.508 e. The van der Waals surface area contributed by atoms with Crippen molar-refractivity contribution in [3.63, 3.8) is 0 Å². The third-order valence-electron chi connectivity index (χ3n) is 4.10. The number of benzene rings is 2. The molecule has 0 radical (unpaired) electrons. The molecule has 2 aromatic carbocycles. The van der Waals surface area contributed by atoms with Crippen molar-refractivity contribution in [1.82, 2.24) is 9.97 Å². The van der Waals surface area contributed by atoms with Gasteiger partial charge in [-0.15, -0.1) is 0 Å². The first-order valence-electron chi connectivity index (χ1n) is 8.66. The molecule has 1 atom stereocenters. The van der Waals surface area contributed by atoms with Crippen LogP contribution in [0.5, 0.6) is 17.2 Å². The fraction of sp³-hybridized carbons (Fsp3) is 0.143. The summed E-state index contributed by atoms with van der Waals surface area (Å²) in [4.78, 5) is 8.60. The molecule has 2 N–H and O–H groups in total. The molecule has 146 valence electrons. The Morgan fingerprint density at radius 3 is 2.55 bits per heavy atom. The summed E-state index contributed by atoms with van der Waals surface area (Å²) in [6.45, 7) is 0. The number of anilines is 1. The van der Waals surface area contributed by atoms with Gasteiger partial charge in [0.25, 0.3) is 0 Å². The van der Waals surface area contributed by atoms with E-state index < -0.39 is 5.92 Å². The van der Waals surface area contributed by atoms with Gasteiger partial charge in [-0.1, -0.05) is 6.07 Å². The summed E-state index contributed by atoms with van der Waals surface area (Å²) in [6, 6.07) is 14.1. The van der Waals surface area contributed by atoms with Crippen molar-refractivity contribution in [3.8, 4) is 23.3 Å². The molecule has 1 aromatic heterocycles. The first-order chi connectivity index (χ1) is 14.1. The molecule has 0 aliphatic carbocycles. The van der Waals surface area contributed by atoms with Crippen LogP contribution < -0.4 is 14.9 Å². The number of aromatic nitrogens is 2. The molecule has 0 saturated carbocycles. The van der Waals surface area contributed by atoms with Gasteiger partial charge in [-0.2, -0.15) is 10.4 Å². The molecule has 1 heterocycles. The van der Waals surface area contributed by atoms with Crippen molar-refractivity contribution < 1.29 is 14.6 Å². The monoisotopic (exact) mass is 389 g/mol. The number of methoxy groups -OCH3 is 2. The average Bonchev–Trinajstić information content (AvgIpc) is 2.76. The third-order valence-corrected chi connectivity index (χ3v) is 4.10. The smallest absolute Gasteiger partial charge is 0.165 e. The van der Waals surface area contributed by atoms with Gasteiger partial charge in [0.1, 0.15) is 11.7 Å². The number of nitriles is 1. The summed E-state index contributed by atoms with van der Waals surface area (Å²) < 4.78 is 10.6. The molecule has 0 aliphatic heterocycles. The normalized spacial score (nSPS) is 11.6. The molecule has 0 bridgehead atoms. The quantitative estimate of drug-likeness (QED) is 0.471. The maximum atomic E-state index is 9.70. The van der Waals surface area contributed by atoms with Crippen LogP contribution in [-0.2, 0) is 0 Å². The van der Waals surface area contributed by atoms with Crippen LogP contribution in [0.15, 0.2) is 60.0 Å². The van der Waals surface area contributed by atoms with E-state index >= 15 is 0 Å². The van der Waals surface area contributed by atoms with Crippen molar-refractivity contribution in [2.24, 2.45) is 5.10 Å². The zero-order valence-electron chi connectivity index (χ0n) is 15.9. The molecule has 8 nitrogen and oxygen atoms in total. The second-order valence-corrected chi connectivity index (χ2v) is 5.97. The lowest BCUT2D eigenvalue weighted by Gasteiger charge is -2.13. The molecule has 29 heavy (non-hydrogen) atoms. The lowest BCUT2D eigenvalue weighted by molar-refractivity contribution is 0.354. The Balaban J connectivity index is 1.80. The Hall–Kier alpha value is -4.12. The number of ether oxygens (including phenoxy) is 2. The van der Waals surface area contributed by atoms with Crippen LogP contribution in [0.25, 0.3) is 0 Å². The topological polar surface area (TPSA) is 113 Å². The van der Waals surface area contributed by atoms with Crippen LogP contribution in [-0.4, -0.2) is 35.5 Å². The molecule has 8 heteroatoms. The second-order valence-electron chi connectivity index (χ2n) is 5.97. The number of aromatic hydroxyl groups is 1. The first kappa shape index (κ1) is 19.6. The van der Waals surface area contributed by atoms with E-state index in [1.54, 1.807) is 69.1 Å². The minimum absolute atomic E-state index is 0.186. The molecule has 0 fully saturated rings. The van der Waals surface area contributed by atoms with E-state index in [4.69, 9.17) is 9.47 Å². The molecule has 0 saturated heterocycles. The van der Waals surface area contributed by atoms with Gasteiger partial charge >= 0.3 is 0 Å². The highest BCUT2D eigenvalue weighted by Crippen LogP contribution is 2.32. The van der Waals surface area contributed by atoms with Crippen LogP contribution in [0.2, 0.25) is 0 Å². The van der Waals surface area contributed by atoms with Crippen LogP contribution >= 0.6 is 0 Å². The Kier molecular flexibility index (Phi) is 6.22. The molecule has 0 amide bonds. The minimum atomic E-state index is -0.634. The van der Waals surface area contributed by atoms with Crippen LogP contribution in [0.1, 0.15) is 22.7 Å². The molecule has 1 unspecified atom stereocenters. The summed E-state index contributed by atoms with van der Waals surface area (Å²) in [5.41, 5.74) is 4.79. The second kappa shape index (κ2) is 9.19. The summed E-state index contributed by atoms with van der Waals surface area (Å²) in [7, 11) is 3.10. The molecule has 0 aliphatic rings. The Morgan fingerprint density at radius 2 is 1.86 bits per heavy atom. The van der Waals surface area contributed by atoms with Gasteiger partial charge < -0.3 is 14.6 Å². The van der Waals surface area contributed by atoms with Gasteiger partial charge in [-0.25, -0.2) is 4.98 Å². The highest BCUT2D eigenvalue weighted by molar-refractivity contribution is 5.80. The maximum Gasteiger partial charge on any atom is 0.165 e. The number of hydrazone groups is 1. The molecule has 3 rings (SSSR count). The van der Waals surface area contributed by atoms with Crippen molar-refractivity contribution in [2.45, 2.75) is 5.92 Å². The lowest BCUT2D eigenvalue weighted by atomic mass is 9.97. The number of hydrogen-bond donors (Lipinski definition) is 2. The van der Waals surface area contributed by atoms with Crippen molar-refractivity contribution in [2.75, 3.05) is 19.6 Å². The van der Waals surface area contributed by atoms with Gasteiger partial charge in [0, 0.05) is 0 Å². The SMILES string of the molecule is COc1ccc(C(C#N)c2cncc(N/N=C/c3ccc(O)cc3)n2)cc1OC. The van der Waals surface area contributed by atoms with E-state index in [1.807, 2.05) is 0 Å². The van der Waals surface area contributed by atoms with E-state index in [2.05, 4.69) is 26.6 Å². The summed E-state index contributed by atoms with van der Waals surface area (Å²) in [5, 5.41) is 23.1. The summed E-state index contributed by atoms with van der Waals surface area (Å²) >= 11 is 0. The number of phenolic OH excluding ortho intramolecular Hbond substituents is 1. The predicted molar refractivity (Wildman–Crippen MR) is 108 cm³/mol. The van der Waals surface area contributed by atoms with E-state index in [9.17, 15) is 10.4 Å². The van der Waals surface area contributed by atoms with E-state index in [0.29, 0.717) is 28.6 Å². The number of rotatable bonds is 7. The van der Waals surface area contributed by atoms with Gasteiger partial charge in [0.05, 0.1) is 44.6 Å². The Bertz CT molecular complexity index is 1040. The number of phenols is 1. The number of nitrogens with zero attached hydrogens (tertiary/aromatic N) is 4. The highest BCUT2D eigenvalue weighted by atomic mass is 16.5. The average molecular weight is 389 g/mol. The summed E-state index contributed by atoms with van der Waals surface area (Å²) in [6.07, 6.45) is 4.64. The standard InChI is InChI=1S/C21H19N5O3/c1-28-19-8-5-15(9-20(19)29-2)17(10-22)18-12-23-13-21(25-18)26-24-11-14-3-6-16(27)7-4-14/h3-9,11-13,17,27H,1-2H3,(H,25,26)/b24-11+. The van der Waals surface area contributed by atoms with Crippen molar-refractivity contribution in [3.05, 3.63) is 71.7 Å². The van der Waals surface area contributed by atoms with E-state index in [-0.39, 0.29) is 5.75 Å². The van der Waals surface area contributed by atoms with Gasteiger partial charge in [0.15, 0.2) is 17.3 Å². The van der Waals surface area contributed by atoms with Crippen molar-refractivity contribution in [1.29, 1.82) is 5.26 Å². The third kappa shape index (κ3) is 4.78. The number of nitrogens with one attached hydrogen (secondary N) is 1. The van der Waals surface area contributed by atoms with Gasteiger partial charge in [-0.05, 0) is 47.5 Å². The zero-order chi connectivity index (χ0) is 20.6. The zero-order valence-corrected chi connectivity index (χ0v) is 15.9. The lowest BCUT2D eigenvalue weighted by Crippen LogP contribution is -2.05. The Morgan fingerprint density at radius 1 is 1.10 bits per heavy atom.